The highest BCUT2D eigenvalue weighted by molar-refractivity contribution is 4.81. The van der Waals surface area contributed by atoms with Gasteiger partial charge in [0.25, 0.3) is 0 Å². The highest BCUT2D eigenvalue weighted by Crippen LogP contribution is 2.19. The van der Waals surface area contributed by atoms with Crippen molar-refractivity contribution in [3.05, 3.63) is 0 Å². The third-order valence-electron chi connectivity index (χ3n) is 17.1. The Morgan fingerprint density at radius 1 is 0.256 bits per heavy atom. The van der Waals surface area contributed by atoms with Gasteiger partial charge in [0.05, 0.1) is 33.0 Å². The van der Waals surface area contributed by atoms with Crippen LogP contribution < -0.4 is 0 Å². The van der Waals surface area contributed by atoms with Crippen LogP contribution in [0.5, 0.6) is 0 Å². The van der Waals surface area contributed by atoms with E-state index in [-0.39, 0.29) is 51.2 Å². The molecule has 0 aromatic carbocycles. The minimum atomic E-state index is 0.0681. The summed E-state index contributed by atoms with van der Waals surface area (Å²) in [5, 5.41) is 51.4. The maximum atomic E-state index is 10.7. The maximum Gasteiger partial charge on any atom is 0.0586 e. The van der Waals surface area contributed by atoms with Crippen molar-refractivity contribution in [2.24, 2.45) is 0 Å². The molecule has 0 spiro atoms. The van der Waals surface area contributed by atoms with Crippen LogP contribution in [-0.2, 0) is 0 Å². The lowest BCUT2D eigenvalue weighted by Crippen LogP contribution is -2.53. The SMILES string of the molecule is CCCCCCCC.CCCCCCCCCC.CCCCCCCCCC[C@H](CO)N(CCO)CCN1CCN(CCN(CCN(CCO)[C@@H](CO)CCCCCCCCCC)[C@@H](CO)CCCCCCCCCC)CC1. The highest BCUT2D eigenvalue weighted by atomic mass is 16.3. The van der Waals surface area contributed by atoms with Crippen LogP contribution in [0.1, 0.15) is 312 Å². The van der Waals surface area contributed by atoms with E-state index in [1.165, 1.54) is 225 Å². The molecule has 1 rings (SSSR count). The fraction of sp³-hybridized carbons (Fsp3) is 1.00. The van der Waals surface area contributed by atoms with Gasteiger partial charge in [0.1, 0.15) is 0 Å². The average molecular weight is 1110 g/mol. The van der Waals surface area contributed by atoms with Gasteiger partial charge < -0.3 is 25.5 Å². The molecule has 1 saturated heterocycles. The summed E-state index contributed by atoms with van der Waals surface area (Å²) in [6.45, 7) is 27.2. The summed E-state index contributed by atoms with van der Waals surface area (Å²) in [7, 11) is 0. The molecule has 1 aliphatic rings. The van der Waals surface area contributed by atoms with Crippen molar-refractivity contribution in [1.82, 2.24) is 24.5 Å². The topological polar surface area (TPSA) is 117 Å². The molecular weight excluding hydrogens is 967 g/mol. The Morgan fingerprint density at radius 2 is 0.449 bits per heavy atom. The van der Waals surface area contributed by atoms with E-state index in [9.17, 15) is 25.5 Å². The summed E-state index contributed by atoms with van der Waals surface area (Å²) in [6, 6.07) is 0.324. The second-order valence-corrected chi connectivity index (χ2v) is 24.1. The Hall–Kier alpha value is -0.400. The number of piperazine rings is 1. The molecule has 0 aliphatic carbocycles. The Kier molecular flexibility index (Phi) is 67.2. The lowest BCUT2D eigenvalue weighted by atomic mass is 10.0. The molecule has 0 aromatic rings. The Balaban J connectivity index is 0. The highest BCUT2D eigenvalue weighted by Gasteiger charge is 2.25. The quantitative estimate of drug-likeness (QED) is 0.0377. The molecule has 10 heteroatoms. The molecule has 0 unspecified atom stereocenters. The van der Waals surface area contributed by atoms with Crippen molar-refractivity contribution in [2.75, 3.05) is 112 Å². The predicted octanol–water partition coefficient (Wildman–Crippen LogP) is 15.7. The van der Waals surface area contributed by atoms with Crippen molar-refractivity contribution >= 4 is 0 Å². The minimum Gasteiger partial charge on any atom is -0.395 e. The van der Waals surface area contributed by atoms with Gasteiger partial charge in [-0.15, -0.1) is 0 Å². The largest absolute Gasteiger partial charge is 0.395 e. The third kappa shape index (κ3) is 51.3. The average Bonchev–Trinajstić information content (AvgIpc) is 3.46. The summed E-state index contributed by atoms with van der Waals surface area (Å²) in [6.07, 6.45) is 53.8. The van der Waals surface area contributed by atoms with E-state index in [0.717, 1.165) is 104 Å². The number of hydrogen-bond donors (Lipinski definition) is 5. The molecule has 0 amide bonds. The molecule has 78 heavy (non-hydrogen) atoms. The first-order valence-corrected chi connectivity index (χ1v) is 35.0. The number of aliphatic hydroxyl groups is 5. The van der Waals surface area contributed by atoms with Gasteiger partial charge in [0.15, 0.2) is 0 Å². The molecule has 0 bridgehead atoms. The van der Waals surface area contributed by atoms with Gasteiger partial charge in [-0.2, -0.15) is 0 Å². The number of unbranched alkanes of at least 4 members (excludes halogenated alkanes) is 33. The second-order valence-electron chi connectivity index (χ2n) is 24.1. The van der Waals surface area contributed by atoms with Crippen LogP contribution in [-0.4, -0.2) is 180 Å². The van der Waals surface area contributed by atoms with E-state index in [1.807, 2.05) is 0 Å². The first-order chi connectivity index (χ1) is 38.3. The first kappa shape index (κ1) is 79.7. The van der Waals surface area contributed by atoms with E-state index in [0.29, 0.717) is 13.1 Å². The molecule has 3 atom stereocenters. The molecule has 0 radical (unpaired) electrons. The van der Waals surface area contributed by atoms with Crippen molar-refractivity contribution in [1.29, 1.82) is 0 Å². The van der Waals surface area contributed by atoms with Crippen molar-refractivity contribution < 1.29 is 25.5 Å². The minimum absolute atomic E-state index is 0.0681. The summed E-state index contributed by atoms with van der Waals surface area (Å²) in [5.41, 5.74) is 0. The molecule has 10 nitrogen and oxygen atoms in total. The molecule has 0 aromatic heterocycles. The van der Waals surface area contributed by atoms with Crippen LogP contribution >= 0.6 is 0 Å². The number of rotatable bonds is 58. The molecule has 5 N–H and O–H groups in total. The molecule has 1 fully saturated rings. The molecule has 0 saturated carbocycles. The van der Waals surface area contributed by atoms with Crippen LogP contribution in [0.25, 0.3) is 0 Å². The van der Waals surface area contributed by atoms with E-state index in [2.05, 4.69) is 73.0 Å². The Labute approximate surface area is 489 Å². The second kappa shape index (κ2) is 65.7. The van der Waals surface area contributed by atoms with Crippen LogP contribution in [0, 0.1) is 0 Å². The van der Waals surface area contributed by atoms with Crippen molar-refractivity contribution in [3.63, 3.8) is 0 Å². The van der Waals surface area contributed by atoms with Crippen LogP contribution in [0.4, 0.5) is 0 Å². The summed E-state index contributed by atoms with van der Waals surface area (Å²) in [4.78, 5) is 12.3. The molecule has 1 heterocycles. The monoisotopic (exact) mass is 1110 g/mol. The summed E-state index contributed by atoms with van der Waals surface area (Å²) < 4.78 is 0. The fourth-order valence-electron chi connectivity index (χ4n) is 11.5. The Bertz CT molecular complexity index is 1070. The van der Waals surface area contributed by atoms with Gasteiger partial charge in [0, 0.05) is 96.7 Å². The number of aliphatic hydroxyl groups excluding tert-OH is 5. The lowest BCUT2D eigenvalue weighted by molar-refractivity contribution is 0.0493. The van der Waals surface area contributed by atoms with Gasteiger partial charge in [0.2, 0.25) is 0 Å². The molecule has 1 aliphatic heterocycles. The van der Waals surface area contributed by atoms with Crippen LogP contribution in [0.3, 0.4) is 0 Å². The van der Waals surface area contributed by atoms with Gasteiger partial charge >= 0.3 is 0 Å². The van der Waals surface area contributed by atoms with Gasteiger partial charge in [-0.25, -0.2) is 0 Å². The van der Waals surface area contributed by atoms with Gasteiger partial charge in [-0.1, -0.05) is 292 Å². The van der Waals surface area contributed by atoms with Crippen LogP contribution in [0.2, 0.25) is 0 Å². The van der Waals surface area contributed by atoms with Crippen LogP contribution in [0.15, 0.2) is 0 Å². The van der Waals surface area contributed by atoms with Gasteiger partial charge in [-0.3, -0.25) is 24.5 Å². The zero-order valence-electron chi connectivity index (χ0n) is 54.2. The van der Waals surface area contributed by atoms with E-state index in [4.69, 9.17) is 0 Å². The van der Waals surface area contributed by atoms with Crippen molar-refractivity contribution in [2.45, 2.75) is 330 Å². The zero-order chi connectivity index (χ0) is 57.6. The maximum absolute atomic E-state index is 10.7. The number of nitrogens with zero attached hydrogens (tertiary/aromatic N) is 5. The lowest BCUT2D eigenvalue weighted by Gasteiger charge is -2.39. The zero-order valence-corrected chi connectivity index (χ0v) is 54.2. The standard InChI is InChI=1S/C50H105N5O5.C10H22.C8H18/c1-4-7-10-13-16-19-22-25-28-48(45-58)53(39-40-55(42-44-57)50(47-60)30-27-24-21-18-15-12-9-6-3)37-35-51-31-33-52(34-32-51)36-38-54(41-43-56)49(46-59)29-26-23-20-17-14-11-8-5-2;1-3-5-7-9-10-8-6-4-2;1-3-5-7-8-6-4-2/h48-50,56-60H,4-47H2,1-3H3;3-10H2,1-2H3;3-8H2,1-2H3/t48-,49-,50-;;/m1../s1. The molecular formula is C68H145N5O5. The van der Waals surface area contributed by atoms with E-state index >= 15 is 0 Å². The fourth-order valence-corrected chi connectivity index (χ4v) is 11.5. The first-order valence-electron chi connectivity index (χ1n) is 35.0. The third-order valence-corrected chi connectivity index (χ3v) is 17.1. The predicted molar refractivity (Wildman–Crippen MR) is 343 cm³/mol. The van der Waals surface area contributed by atoms with Gasteiger partial charge in [-0.05, 0) is 19.3 Å². The number of hydrogen-bond acceptors (Lipinski definition) is 10. The van der Waals surface area contributed by atoms with E-state index < -0.39 is 0 Å². The van der Waals surface area contributed by atoms with E-state index in [1.54, 1.807) is 0 Å². The Morgan fingerprint density at radius 3 is 0.654 bits per heavy atom. The smallest absolute Gasteiger partial charge is 0.0586 e. The summed E-state index contributed by atoms with van der Waals surface area (Å²) >= 11 is 0. The van der Waals surface area contributed by atoms with Crippen molar-refractivity contribution in [3.8, 4) is 0 Å². The normalized spacial score (nSPS) is 14.5. The summed E-state index contributed by atoms with van der Waals surface area (Å²) in [5.74, 6) is 0. The molecule has 472 valence electrons.